The van der Waals surface area contributed by atoms with Crippen LogP contribution in [-0.2, 0) is 10.7 Å². The third kappa shape index (κ3) is 2.22. The van der Waals surface area contributed by atoms with E-state index < -0.39 is 17.9 Å². The Balaban J connectivity index is 3.23. The Morgan fingerprint density at radius 1 is 1.62 bits per heavy atom. The van der Waals surface area contributed by atoms with Crippen molar-refractivity contribution in [3.05, 3.63) is 27.5 Å². The molecule has 0 amide bonds. The Kier molecular flexibility index (Phi) is 2.98. The summed E-state index contributed by atoms with van der Waals surface area (Å²) in [5.41, 5.74) is -0.729. The number of halogens is 4. The lowest BCUT2D eigenvalue weighted by molar-refractivity contribution is -0.130. The molecular formula is C7H3BrClF2NO. The SMILES string of the molecule is O=CC(F)(F)c1ncc(Br)cc1Cl. The number of carbonyl (C=O) groups is 1. The van der Waals surface area contributed by atoms with Crippen molar-refractivity contribution in [2.45, 2.75) is 5.92 Å². The van der Waals surface area contributed by atoms with Crippen LogP contribution in [0.5, 0.6) is 0 Å². The highest BCUT2D eigenvalue weighted by Crippen LogP contribution is 2.30. The molecule has 0 aliphatic carbocycles. The summed E-state index contributed by atoms with van der Waals surface area (Å²) >= 11 is 8.47. The van der Waals surface area contributed by atoms with Crippen LogP contribution in [0.15, 0.2) is 16.7 Å². The Morgan fingerprint density at radius 3 is 2.69 bits per heavy atom. The fraction of sp³-hybridized carbons (Fsp3) is 0.143. The van der Waals surface area contributed by atoms with Crippen molar-refractivity contribution in [3.8, 4) is 0 Å². The molecular weight excluding hydrogens is 267 g/mol. The molecule has 0 N–H and O–H groups in total. The van der Waals surface area contributed by atoms with E-state index in [-0.39, 0.29) is 5.02 Å². The normalized spacial score (nSPS) is 11.4. The van der Waals surface area contributed by atoms with Gasteiger partial charge in [-0.1, -0.05) is 11.6 Å². The van der Waals surface area contributed by atoms with Crippen LogP contribution in [0, 0.1) is 0 Å². The predicted molar refractivity (Wildman–Crippen MR) is 46.9 cm³/mol. The molecule has 13 heavy (non-hydrogen) atoms. The number of hydrogen-bond acceptors (Lipinski definition) is 2. The first-order valence-electron chi connectivity index (χ1n) is 3.13. The van der Waals surface area contributed by atoms with Crippen molar-refractivity contribution in [1.82, 2.24) is 4.98 Å². The van der Waals surface area contributed by atoms with Gasteiger partial charge in [-0.25, -0.2) is 0 Å². The molecule has 1 heterocycles. The van der Waals surface area contributed by atoms with E-state index in [0.717, 1.165) is 6.20 Å². The second-order valence-corrected chi connectivity index (χ2v) is 3.55. The predicted octanol–water partition coefficient (Wildman–Crippen LogP) is 2.79. The van der Waals surface area contributed by atoms with Gasteiger partial charge in [-0.15, -0.1) is 0 Å². The first kappa shape index (κ1) is 10.5. The molecule has 0 fully saturated rings. The molecule has 2 nitrogen and oxygen atoms in total. The number of rotatable bonds is 2. The van der Waals surface area contributed by atoms with E-state index in [4.69, 9.17) is 11.6 Å². The van der Waals surface area contributed by atoms with Crippen LogP contribution in [0.1, 0.15) is 5.69 Å². The lowest BCUT2D eigenvalue weighted by Gasteiger charge is -2.09. The minimum absolute atomic E-state index is 0.244. The van der Waals surface area contributed by atoms with Gasteiger partial charge in [0.25, 0.3) is 0 Å². The van der Waals surface area contributed by atoms with Gasteiger partial charge in [0.1, 0.15) is 5.69 Å². The number of hydrogen-bond donors (Lipinski definition) is 0. The van der Waals surface area contributed by atoms with Gasteiger partial charge >= 0.3 is 5.92 Å². The molecule has 0 saturated carbocycles. The van der Waals surface area contributed by atoms with E-state index in [0.29, 0.717) is 4.47 Å². The average Bonchev–Trinajstić information content (AvgIpc) is 2.03. The molecule has 70 valence electrons. The molecule has 0 radical (unpaired) electrons. The Bertz CT molecular complexity index is 345. The number of aldehydes is 1. The van der Waals surface area contributed by atoms with Crippen LogP contribution in [0.25, 0.3) is 0 Å². The zero-order valence-corrected chi connectivity index (χ0v) is 8.44. The van der Waals surface area contributed by atoms with Crippen molar-refractivity contribution in [1.29, 1.82) is 0 Å². The highest BCUT2D eigenvalue weighted by molar-refractivity contribution is 9.10. The minimum Gasteiger partial charge on any atom is -0.296 e. The fourth-order valence-electron chi connectivity index (χ4n) is 0.716. The van der Waals surface area contributed by atoms with Crippen molar-refractivity contribution in [2.75, 3.05) is 0 Å². The van der Waals surface area contributed by atoms with Gasteiger partial charge in [0, 0.05) is 10.7 Å². The second-order valence-electron chi connectivity index (χ2n) is 2.22. The maximum atomic E-state index is 12.7. The number of carbonyl (C=O) groups excluding carboxylic acids is 1. The van der Waals surface area contributed by atoms with Crippen LogP contribution in [0.3, 0.4) is 0 Å². The van der Waals surface area contributed by atoms with Crippen LogP contribution in [-0.4, -0.2) is 11.3 Å². The molecule has 0 saturated heterocycles. The fourth-order valence-corrected chi connectivity index (χ4v) is 1.47. The maximum Gasteiger partial charge on any atom is 0.345 e. The van der Waals surface area contributed by atoms with E-state index in [1.807, 2.05) is 0 Å². The van der Waals surface area contributed by atoms with E-state index in [9.17, 15) is 13.6 Å². The molecule has 1 rings (SSSR count). The van der Waals surface area contributed by atoms with E-state index in [1.54, 1.807) is 0 Å². The van der Waals surface area contributed by atoms with Gasteiger partial charge in [0.15, 0.2) is 6.29 Å². The van der Waals surface area contributed by atoms with Crippen molar-refractivity contribution in [3.63, 3.8) is 0 Å². The molecule has 0 aliphatic rings. The summed E-state index contributed by atoms with van der Waals surface area (Å²) in [6.07, 6.45) is 0.660. The molecule has 0 aliphatic heterocycles. The number of alkyl halides is 2. The Labute approximate surface area is 86.0 Å². The van der Waals surface area contributed by atoms with E-state index in [1.165, 1.54) is 6.07 Å². The molecule has 0 spiro atoms. The maximum absolute atomic E-state index is 12.7. The summed E-state index contributed by atoms with van der Waals surface area (Å²) in [5, 5.41) is -0.244. The Hall–Kier alpha value is -0.550. The third-order valence-electron chi connectivity index (χ3n) is 1.27. The highest BCUT2D eigenvalue weighted by Gasteiger charge is 2.35. The quantitative estimate of drug-likeness (QED) is 0.774. The van der Waals surface area contributed by atoms with E-state index >= 15 is 0 Å². The van der Waals surface area contributed by atoms with Crippen LogP contribution in [0.4, 0.5) is 8.78 Å². The van der Waals surface area contributed by atoms with Gasteiger partial charge in [0.2, 0.25) is 0 Å². The largest absolute Gasteiger partial charge is 0.345 e. The summed E-state index contributed by atoms with van der Waals surface area (Å²) in [7, 11) is 0. The van der Waals surface area contributed by atoms with Crippen molar-refractivity contribution in [2.24, 2.45) is 0 Å². The monoisotopic (exact) mass is 269 g/mol. The smallest absolute Gasteiger partial charge is 0.296 e. The summed E-state index contributed by atoms with van der Waals surface area (Å²) in [6, 6.07) is 1.25. The zero-order chi connectivity index (χ0) is 10.1. The summed E-state index contributed by atoms with van der Waals surface area (Å²) in [6.45, 7) is 0. The van der Waals surface area contributed by atoms with Gasteiger partial charge in [-0.2, -0.15) is 8.78 Å². The summed E-state index contributed by atoms with van der Waals surface area (Å²) in [5.74, 6) is -3.63. The first-order valence-corrected chi connectivity index (χ1v) is 4.30. The third-order valence-corrected chi connectivity index (χ3v) is 1.99. The molecule has 0 unspecified atom stereocenters. The highest BCUT2D eigenvalue weighted by atomic mass is 79.9. The molecule has 1 aromatic heterocycles. The van der Waals surface area contributed by atoms with E-state index in [2.05, 4.69) is 20.9 Å². The lowest BCUT2D eigenvalue weighted by atomic mass is 10.2. The lowest BCUT2D eigenvalue weighted by Crippen LogP contribution is -2.17. The first-order chi connectivity index (χ1) is 5.97. The summed E-state index contributed by atoms with van der Waals surface area (Å²) in [4.78, 5) is 13.4. The number of nitrogens with zero attached hydrogens (tertiary/aromatic N) is 1. The minimum atomic E-state index is -3.63. The van der Waals surface area contributed by atoms with Gasteiger partial charge in [0.05, 0.1) is 5.02 Å². The standard InChI is InChI=1S/C7H3BrClF2NO/c8-4-1-5(9)6(12-2-4)7(10,11)3-13/h1-3H. The van der Waals surface area contributed by atoms with Crippen LogP contribution < -0.4 is 0 Å². The molecule has 1 aromatic rings. The number of pyridine rings is 1. The topological polar surface area (TPSA) is 30.0 Å². The molecule has 6 heteroatoms. The molecule has 0 atom stereocenters. The zero-order valence-electron chi connectivity index (χ0n) is 6.10. The second kappa shape index (κ2) is 3.67. The van der Waals surface area contributed by atoms with Gasteiger partial charge in [-0.05, 0) is 22.0 Å². The van der Waals surface area contributed by atoms with Crippen LogP contribution >= 0.6 is 27.5 Å². The van der Waals surface area contributed by atoms with Gasteiger partial charge < -0.3 is 0 Å². The molecule has 0 bridgehead atoms. The average molecular weight is 270 g/mol. The molecule has 0 aromatic carbocycles. The summed E-state index contributed by atoms with van der Waals surface area (Å²) < 4.78 is 26.0. The van der Waals surface area contributed by atoms with Gasteiger partial charge in [-0.3, -0.25) is 9.78 Å². The van der Waals surface area contributed by atoms with Crippen molar-refractivity contribution < 1.29 is 13.6 Å². The van der Waals surface area contributed by atoms with Crippen LogP contribution in [0.2, 0.25) is 5.02 Å². The van der Waals surface area contributed by atoms with Crippen molar-refractivity contribution >= 4 is 33.8 Å². The Morgan fingerprint density at radius 2 is 2.23 bits per heavy atom. The number of aromatic nitrogens is 1.